The molecule has 0 unspecified atom stereocenters. The topological polar surface area (TPSA) is 58.2 Å². The van der Waals surface area contributed by atoms with Gasteiger partial charge in [-0.25, -0.2) is 0 Å². The van der Waals surface area contributed by atoms with E-state index in [9.17, 15) is 9.59 Å². The Bertz CT molecular complexity index is 701. The van der Waals surface area contributed by atoms with Gasteiger partial charge in [-0.3, -0.25) is 9.59 Å². The molecule has 0 saturated heterocycles. The molecule has 2 aromatic carbocycles. The van der Waals surface area contributed by atoms with Gasteiger partial charge >= 0.3 is 0 Å². The van der Waals surface area contributed by atoms with Gasteiger partial charge in [-0.2, -0.15) is 0 Å². The van der Waals surface area contributed by atoms with Crippen LogP contribution in [-0.2, 0) is 4.79 Å². The van der Waals surface area contributed by atoms with E-state index in [1.54, 1.807) is 12.1 Å². The molecule has 0 aliphatic carbocycles. The highest BCUT2D eigenvalue weighted by Gasteiger charge is 2.20. The molecule has 0 aliphatic rings. The van der Waals surface area contributed by atoms with E-state index in [1.807, 2.05) is 55.5 Å². The maximum Gasteiger partial charge on any atom is 0.251 e. The lowest BCUT2D eigenvalue weighted by Gasteiger charge is -2.21. The Morgan fingerprint density at radius 2 is 1.52 bits per heavy atom. The molecule has 144 valence electrons. The predicted octanol–water partition coefficient (Wildman–Crippen LogP) is 4.63. The minimum atomic E-state index is -0.359. The Labute approximate surface area is 162 Å². The van der Waals surface area contributed by atoms with E-state index in [-0.39, 0.29) is 30.3 Å². The Kier molecular flexibility index (Phi) is 8.56. The third-order valence-electron chi connectivity index (χ3n) is 4.58. The zero-order valence-corrected chi connectivity index (χ0v) is 16.3. The molecule has 2 atom stereocenters. The molecule has 0 saturated carbocycles. The van der Waals surface area contributed by atoms with Crippen molar-refractivity contribution in [3.05, 3.63) is 71.8 Å². The first-order valence-electron chi connectivity index (χ1n) is 9.80. The van der Waals surface area contributed by atoms with Gasteiger partial charge in [-0.05, 0) is 31.0 Å². The van der Waals surface area contributed by atoms with Crippen molar-refractivity contribution in [2.75, 3.05) is 0 Å². The summed E-state index contributed by atoms with van der Waals surface area (Å²) in [6.07, 6.45) is 4.67. The summed E-state index contributed by atoms with van der Waals surface area (Å²) in [5.74, 6) is -0.213. The fourth-order valence-electron chi connectivity index (χ4n) is 3.06. The zero-order chi connectivity index (χ0) is 19.5. The summed E-state index contributed by atoms with van der Waals surface area (Å²) in [7, 11) is 0. The van der Waals surface area contributed by atoms with Crippen LogP contribution in [0.25, 0.3) is 0 Å². The highest BCUT2D eigenvalue weighted by atomic mass is 16.2. The van der Waals surface area contributed by atoms with E-state index >= 15 is 0 Å². The largest absolute Gasteiger partial charge is 0.354 e. The van der Waals surface area contributed by atoms with Crippen LogP contribution in [0.3, 0.4) is 0 Å². The molecule has 0 spiro atoms. The van der Waals surface area contributed by atoms with Gasteiger partial charge in [0.25, 0.3) is 5.91 Å². The third-order valence-corrected chi connectivity index (χ3v) is 4.58. The quantitative estimate of drug-likeness (QED) is 0.602. The second-order valence-corrected chi connectivity index (χ2v) is 6.97. The minimum absolute atomic E-state index is 0.0405. The van der Waals surface area contributed by atoms with Gasteiger partial charge in [0.2, 0.25) is 5.91 Å². The second kappa shape index (κ2) is 11.2. The number of hydrogen-bond acceptors (Lipinski definition) is 2. The molecule has 2 aromatic rings. The van der Waals surface area contributed by atoms with Crippen molar-refractivity contribution >= 4 is 11.8 Å². The highest BCUT2D eigenvalue weighted by molar-refractivity contribution is 5.94. The summed E-state index contributed by atoms with van der Waals surface area (Å²) in [5, 5.41) is 6.07. The van der Waals surface area contributed by atoms with Gasteiger partial charge in [-0.1, -0.05) is 74.7 Å². The lowest BCUT2D eigenvalue weighted by atomic mass is 10.0. The van der Waals surface area contributed by atoms with Gasteiger partial charge in [0.05, 0.1) is 12.5 Å². The van der Waals surface area contributed by atoms with Crippen molar-refractivity contribution in [2.45, 2.75) is 58.0 Å². The number of rotatable bonds is 10. The number of nitrogens with one attached hydrogen (secondary N) is 2. The van der Waals surface area contributed by atoms with Gasteiger partial charge in [0, 0.05) is 11.6 Å². The van der Waals surface area contributed by atoms with Gasteiger partial charge in [0.1, 0.15) is 0 Å². The first-order chi connectivity index (χ1) is 13.1. The van der Waals surface area contributed by atoms with Crippen molar-refractivity contribution in [3.8, 4) is 0 Å². The predicted molar refractivity (Wildman–Crippen MR) is 109 cm³/mol. The van der Waals surface area contributed by atoms with E-state index in [4.69, 9.17) is 0 Å². The van der Waals surface area contributed by atoms with Crippen molar-refractivity contribution in [1.82, 2.24) is 10.6 Å². The molecule has 4 nitrogen and oxygen atoms in total. The fraction of sp³-hybridized carbons (Fsp3) is 0.391. The molecular weight excluding hydrogens is 336 g/mol. The number of amides is 2. The van der Waals surface area contributed by atoms with Crippen molar-refractivity contribution in [3.63, 3.8) is 0 Å². The van der Waals surface area contributed by atoms with Crippen LogP contribution in [0.1, 0.15) is 67.9 Å². The van der Waals surface area contributed by atoms with E-state index in [1.165, 1.54) is 12.8 Å². The number of unbranched alkanes of at least 4 members (excludes halogenated alkanes) is 2. The monoisotopic (exact) mass is 366 g/mol. The van der Waals surface area contributed by atoms with Crippen molar-refractivity contribution in [2.24, 2.45) is 0 Å². The third kappa shape index (κ3) is 7.26. The van der Waals surface area contributed by atoms with Crippen LogP contribution in [0.2, 0.25) is 0 Å². The Morgan fingerprint density at radius 1 is 0.889 bits per heavy atom. The van der Waals surface area contributed by atoms with Crippen LogP contribution in [-0.4, -0.2) is 17.9 Å². The van der Waals surface area contributed by atoms with E-state index in [0.29, 0.717) is 5.56 Å². The minimum Gasteiger partial charge on any atom is -0.354 e. The van der Waals surface area contributed by atoms with Crippen LogP contribution in [0.5, 0.6) is 0 Å². The molecule has 2 rings (SSSR count). The van der Waals surface area contributed by atoms with Crippen LogP contribution < -0.4 is 10.6 Å². The maximum atomic E-state index is 12.6. The molecule has 2 amide bonds. The standard InChI is InChI=1S/C23H30N2O2/c1-3-4-7-12-18(2)24-22(26)17-21(19-13-8-5-9-14-19)25-23(27)20-15-10-6-11-16-20/h5-6,8-11,13-16,18,21H,3-4,7,12,17H2,1-2H3,(H,24,26)(H,25,27)/t18-,21+/m0/s1. The maximum absolute atomic E-state index is 12.6. The SMILES string of the molecule is CCCCC[C@H](C)NC(=O)C[C@@H](NC(=O)c1ccccc1)c1ccccc1. The normalized spacial score (nSPS) is 12.8. The summed E-state index contributed by atoms with van der Waals surface area (Å²) in [5.41, 5.74) is 1.52. The number of carbonyl (C=O) groups is 2. The average Bonchev–Trinajstić information content (AvgIpc) is 2.69. The van der Waals surface area contributed by atoms with Crippen LogP contribution in [0.15, 0.2) is 60.7 Å². The number of hydrogen-bond donors (Lipinski definition) is 2. The molecule has 0 aliphatic heterocycles. The first kappa shape index (κ1) is 20.7. The number of carbonyl (C=O) groups excluding carboxylic acids is 2. The fourth-order valence-corrected chi connectivity index (χ4v) is 3.06. The molecule has 27 heavy (non-hydrogen) atoms. The second-order valence-electron chi connectivity index (χ2n) is 6.97. The number of benzene rings is 2. The summed E-state index contributed by atoms with van der Waals surface area (Å²) in [6.45, 7) is 4.21. The van der Waals surface area contributed by atoms with E-state index in [2.05, 4.69) is 17.6 Å². The summed E-state index contributed by atoms with van der Waals surface area (Å²) < 4.78 is 0. The first-order valence-corrected chi connectivity index (χ1v) is 9.80. The zero-order valence-electron chi connectivity index (χ0n) is 16.3. The molecule has 0 heterocycles. The average molecular weight is 367 g/mol. The Morgan fingerprint density at radius 3 is 2.15 bits per heavy atom. The van der Waals surface area contributed by atoms with Gasteiger partial charge in [0.15, 0.2) is 0 Å². The molecule has 4 heteroatoms. The summed E-state index contributed by atoms with van der Waals surface area (Å²) in [6, 6.07) is 18.5. The van der Waals surface area contributed by atoms with Crippen LogP contribution >= 0.6 is 0 Å². The summed E-state index contributed by atoms with van der Waals surface area (Å²) >= 11 is 0. The van der Waals surface area contributed by atoms with E-state index in [0.717, 1.165) is 18.4 Å². The lowest BCUT2D eigenvalue weighted by Crippen LogP contribution is -2.37. The molecule has 0 bridgehead atoms. The van der Waals surface area contributed by atoms with E-state index < -0.39 is 0 Å². The van der Waals surface area contributed by atoms with Crippen LogP contribution in [0, 0.1) is 0 Å². The van der Waals surface area contributed by atoms with Crippen LogP contribution in [0.4, 0.5) is 0 Å². The lowest BCUT2D eigenvalue weighted by molar-refractivity contribution is -0.122. The highest BCUT2D eigenvalue weighted by Crippen LogP contribution is 2.18. The molecule has 2 N–H and O–H groups in total. The summed E-state index contributed by atoms with van der Waals surface area (Å²) in [4.78, 5) is 25.1. The van der Waals surface area contributed by atoms with Gasteiger partial charge < -0.3 is 10.6 Å². The molecule has 0 radical (unpaired) electrons. The Hall–Kier alpha value is -2.62. The Balaban J connectivity index is 2.00. The molecular formula is C23H30N2O2. The smallest absolute Gasteiger partial charge is 0.251 e. The molecule has 0 fully saturated rings. The van der Waals surface area contributed by atoms with Gasteiger partial charge in [-0.15, -0.1) is 0 Å². The van der Waals surface area contributed by atoms with Crippen molar-refractivity contribution in [1.29, 1.82) is 0 Å². The molecule has 0 aromatic heterocycles. The van der Waals surface area contributed by atoms with Crippen molar-refractivity contribution < 1.29 is 9.59 Å².